The Morgan fingerprint density at radius 3 is 2.22 bits per heavy atom. The van der Waals surface area contributed by atoms with E-state index in [-0.39, 0.29) is 0 Å². The highest BCUT2D eigenvalue weighted by molar-refractivity contribution is 6.30. The average molecular weight is 377 g/mol. The molecular weight excluding hydrogens is 352 g/mol. The molecule has 0 spiro atoms. The topological polar surface area (TPSA) is 28.7 Å². The lowest BCUT2D eigenvalue weighted by molar-refractivity contribution is -0.00515. The van der Waals surface area contributed by atoms with Crippen LogP contribution < -0.4 is 0 Å². The van der Waals surface area contributed by atoms with Crippen molar-refractivity contribution in [2.45, 2.75) is 50.9 Å². The van der Waals surface area contributed by atoms with Crippen molar-refractivity contribution in [2.75, 3.05) is 0 Å². The molecule has 0 radical (unpaired) electrons. The maximum atomic E-state index is 6.04. The molecule has 4 aliphatic carbocycles. The molecule has 4 bridgehead atoms. The van der Waals surface area contributed by atoms with Crippen molar-refractivity contribution in [1.82, 2.24) is 9.97 Å². The Kier molecular flexibility index (Phi) is 3.36. The molecule has 3 heteroatoms. The van der Waals surface area contributed by atoms with Crippen molar-refractivity contribution in [3.05, 3.63) is 52.5 Å². The Hall–Kier alpha value is -1.80. The third-order valence-electron chi connectivity index (χ3n) is 7.55. The van der Waals surface area contributed by atoms with Gasteiger partial charge in [-0.3, -0.25) is 0 Å². The number of nitrogens with one attached hydrogen (secondary N) is 1. The normalized spacial score (nSPS) is 31.7. The van der Waals surface area contributed by atoms with Crippen LogP contribution in [0.15, 0.2) is 36.4 Å². The molecule has 138 valence electrons. The van der Waals surface area contributed by atoms with Crippen molar-refractivity contribution in [2.24, 2.45) is 17.8 Å². The first-order valence-corrected chi connectivity index (χ1v) is 10.7. The molecule has 3 aromatic rings. The first kappa shape index (κ1) is 16.2. The van der Waals surface area contributed by atoms with Gasteiger partial charge in [0.2, 0.25) is 0 Å². The van der Waals surface area contributed by atoms with Gasteiger partial charge >= 0.3 is 0 Å². The molecule has 2 nitrogen and oxygen atoms in total. The molecule has 0 atom stereocenters. The van der Waals surface area contributed by atoms with Gasteiger partial charge in [0.25, 0.3) is 0 Å². The number of aryl methyl sites for hydroxylation is 1. The highest BCUT2D eigenvalue weighted by Crippen LogP contribution is 2.60. The van der Waals surface area contributed by atoms with E-state index in [2.05, 4.69) is 24.0 Å². The molecule has 4 fully saturated rings. The minimum absolute atomic E-state index is 0.430. The number of hydrogen-bond acceptors (Lipinski definition) is 1. The van der Waals surface area contributed by atoms with Crippen molar-refractivity contribution in [3.8, 4) is 11.4 Å². The largest absolute Gasteiger partial charge is 0.338 e. The van der Waals surface area contributed by atoms with Gasteiger partial charge in [0.1, 0.15) is 5.82 Å². The lowest BCUT2D eigenvalue weighted by atomic mass is 9.48. The molecule has 0 saturated heterocycles. The molecule has 4 saturated carbocycles. The van der Waals surface area contributed by atoms with Crippen LogP contribution in [0.4, 0.5) is 0 Å². The molecule has 1 N–H and O–H groups in total. The number of benzene rings is 2. The molecule has 27 heavy (non-hydrogen) atoms. The fourth-order valence-corrected chi connectivity index (χ4v) is 6.93. The first-order chi connectivity index (χ1) is 13.1. The molecule has 0 unspecified atom stereocenters. The summed E-state index contributed by atoms with van der Waals surface area (Å²) < 4.78 is 0. The van der Waals surface area contributed by atoms with E-state index in [0.29, 0.717) is 5.41 Å². The number of H-pyrrole nitrogens is 1. The second kappa shape index (κ2) is 5.61. The third kappa shape index (κ3) is 2.49. The van der Waals surface area contributed by atoms with Gasteiger partial charge in [0.05, 0.1) is 11.0 Å². The van der Waals surface area contributed by atoms with E-state index in [0.717, 1.165) is 39.7 Å². The van der Waals surface area contributed by atoms with Gasteiger partial charge in [0.15, 0.2) is 0 Å². The summed E-state index contributed by atoms with van der Waals surface area (Å²) in [6.45, 7) is 2.22. The van der Waals surface area contributed by atoms with Crippen LogP contribution in [0.25, 0.3) is 22.4 Å². The quantitative estimate of drug-likeness (QED) is 0.532. The Labute approximate surface area is 165 Å². The van der Waals surface area contributed by atoms with Crippen LogP contribution in [0, 0.1) is 24.7 Å². The monoisotopic (exact) mass is 376 g/mol. The molecular formula is C24H25ClN2. The summed E-state index contributed by atoms with van der Waals surface area (Å²) in [5.74, 6) is 3.85. The predicted octanol–water partition coefficient (Wildman–Crippen LogP) is 6.66. The third-order valence-corrected chi connectivity index (χ3v) is 7.80. The Bertz CT molecular complexity index is 995. The van der Waals surface area contributed by atoms with E-state index in [1.165, 1.54) is 49.6 Å². The van der Waals surface area contributed by atoms with E-state index < -0.39 is 0 Å². The number of hydrogen-bond donors (Lipinski definition) is 1. The van der Waals surface area contributed by atoms with Crippen molar-refractivity contribution in [1.29, 1.82) is 0 Å². The van der Waals surface area contributed by atoms with Crippen LogP contribution >= 0.6 is 11.6 Å². The number of aromatic nitrogens is 2. The number of rotatable bonds is 2. The molecule has 7 rings (SSSR count). The smallest absolute Gasteiger partial charge is 0.138 e. The van der Waals surface area contributed by atoms with E-state index >= 15 is 0 Å². The number of halogens is 1. The van der Waals surface area contributed by atoms with E-state index in [1.54, 1.807) is 5.56 Å². The Balaban J connectivity index is 1.45. The summed E-state index contributed by atoms with van der Waals surface area (Å²) in [5, 5.41) is 0.759. The second-order valence-electron chi connectivity index (χ2n) is 9.48. The van der Waals surface area contributed by atoms with Crippen LogP contribution in [0.1, 0.15) is 49.7 Å². The maximum absolute atomic E-state index is 6.04. The lowest BCUT2D eigenvalue weighted by Crippen LogP contribution is -2.48. The number of fused-ring (bicyclic) bond motifs is 1. The van der Waals surface area contributed by atoms with E-state index in [9.17, 15) is 0 Å². The van der Waals surface area contributed by atoms with Gasteiger partial charge in [-0.25, -0.2) is 4.98 Å². The van der Waals surface area contributed by atoms with Gasteiger partial charge in [0, 0.05) is 10.6 Å². The summed E-state index contributed by atoms with van der Waals surface area (Å²) in [6, 6.07) is 12.8. The Morgan fingerprint density at radius 2 is 1.59 bits per heavy atom. The zero-order valence-electron chi connectivity index (χ0n) is 15.8. The summed E-state index contributed by atoms with van der Waals surface area (Å²) >= 11 is 6.04. The van der Waals surface area contributed by atoms with Gasteiger partial charge in [-0.15, -0.1) is 0 Å². The molecule has 1 heterocycles. The fraction of sp³-hybridized carbons (Fsp3) is 0.458. The number of imidazole rings is 1. The zero-order chi connectivity index (χ0) is 18.2. The first-order valence-electron chi connectivity index (χ1n) is 10.3. The maximum Gasteiger partial charge on any atom is 0.138 e. The molecule has 0 amide bonds. The number of aromatic amines is 1. The van der Waals surface area contributed by atoms with E-state index in [1.807, 2.05) is 24.3 Å². The van der Waals surface area contributed by atoms with Crippen LogP contribution in [0.2, 0.25) is 5.02 Å². The predicted molar refractivity (Wildman–Crippen MR) is 111 cm³/mol. The summed E-state index contributed by atoms with van der Waals surface area (Å²) in [6.07, 6.45) is 8.69. The molecule has 1 aromatic heterocycles. The number of nitrogens with zero attached hydrogens (tertiary/aromatic N) is 1. The lowest BCUT2D eigenvalue weighted by Gasteiger charge is -2.57. The standard InChI is InChI=1S/C24H25ClN2/c1-14-6-19(24-11-15-7-16(12-24)9-17(8-15)13-24)10-21-22(14)27-23(26-21)18-2-4-20(25)5-3-18/h2-6,10,15-17H,7-9,11-13H2,1H3,(H,26,27). The average Bonchev–Trinajstić information content (AvgIpc) is 3.06. The molecule has 0 aliphatic heterocycles. The van der Waals surface area contributed by atoms with Crippen molar-refractivity contribution < 1.29 is 0 Å². The Morgan fingerprint density at radius 1 is 0.963 bits per heavy atom. The fourth-order valence-electron chi connectivity index (χ4n) is 6.81. The van der Waals surface area contributed by atoms with Crippen LogP contribution in [-0.2, 0) is 5.41 Å². The SMILES string of the molecule is Cc1cc(C23CC4CC(CC(C4)C2)C3)cc2[nH]c(-c3ccc(Cl)cc3)nc12. The van der Waals surface area contributed by atoms with Crippen LogP contribution in [0.5, 0.6) is 0 Å². The van der Waals surface area contributed by atoms with Crippen LogP contribution in [0.3, 0.4) is 0 Å². The highest BCUT2D eigenvalue weighted by Gasteiger charge is 2.51. The van der Waals surface area contributed by atoms with E-state index in [4.69, 9.17) is 16.6 Å². The van der Waals surface area contributed by atoms with Gasteiger partial charge in [-0.05, 0) is 110 Å². The zero-order valence-corrected chi connectivity index (χ0v) is 16.5. The summed E-state index contributed by atoms with van der Waals surface area (Å²) in [5.41, 5.74) is 6.68. The van der Waals surface area contributed by atoms with Gasteiger partial charge < -0.3 is 4.98 Å². The second-order valence-corrected chi connectivity index (χ2v) is 9.92. The molecule has 2 aromatic carbocycles. The summed E-state index contributed by atoms with van der Waals surface area (Å²) in [7, 11) is 0. The van der Waals surface area contributed by atoms with Gasteiger partial charge in [-0.2, -0.15) is 0 Å². The summed E-state index contributed by atoms with van der Waals surface area (Å²) in [4.78, 5) is 8.49. The van der Waals surface area contributed by atoms with Crippen molar-refractivity contribution >= 4 is 22.6 Å². The van der Waals surface area contributed by atoms with Gasteiger partial charge in [-0.1, -0.05) is 17.7 Å². The minimum Gasteiger partial charge on any atom is -0.338 e. The highest BCUT2D eigenvalue weighted by atomic mass is 35.5. The molecule has 4 aliphatic rings. The minimum atomic E-state index is 0.430. The van der Waals surface area contributed by atoms with Crippen LogP contribution in [-0.4, -0.2) is 9.97 Å². The van der Waals surface area contributed by atoms with Crippen molar-refractivity contribution in [3.63, 3.8) is 0 Å².